The molecule has 1 saturated heterocycles. The van der Waals surface area contributed by atoms with Gasteiger partial charge in [0.2, 0.25) is 0 Å². The molecule has 1 aliphatic carbocycles. The quantitative estimate of drug-likeness (QED) is 0.383. The minimum Gasteiger partial charge on any atom is -0.376 e. The first-order valence-electron chi connectivity index (χ1n) is 9.40. The third kappa shape index (κ3) is 6.13. The highest BCUT2D eigenvalue weighted by atomic mass is 127. The normalized spacial score (nSPS) is 25.6. The van der Waals surface area contributed by atoms with Gasteiger partial charge in [-0.15, -0.1) is 24.0 Å². The van der Waals surface area contributed by atoms with Gasteiger partial charge in [0.05, 0.1) is 13.2 Å². The lowest BCUT2D eigenvalue weighted by molar-refractivity contribution is 0.0906. The zero-order valence-electron chi connectivity index (χ0n) is 15.5. The van der Waals surface area contributed by atoms with Crippen molar-refractivity contribution in [3.8, 4) is 0 Å². The second kappa shape index (κ2) is 10.4. The molecule has 3 atom stereocenters. The lowest BCUT2D eigenvalue weighted by Crippen LogP contribution is -2.41. The summed E-state index contributed by atoms with van der Waals surface area (Å²) in [5.41, 5.74) is 1.25. The highest BCUT2D eigenvalue weighted by Crippen LogP contribution is 2.34. The van der Waals surface area contributed by atoms with Gasteiger partial charge in [-0.2, -0.15) is 0 Å². The van der Waals surface area contributed by atoms with Gasteiger partial charge in [0, 0.05) is 32.1 Å². The predicted molar refractivity (Wildman–Crippen MR) is 114 cm³/mol. The van der Waals surface area contributed by atoms with Crippen LogP contribution in [0.25, 0.3) is 0 Å². The number of ether oxygens (including phenoxy) is 1. The average Bonchev–Trinajstić information content (AvgIpc) is 3.16. The summed E-state index contributed by atoms with van der Waals surface area (Å²) in [6.07, 6.45) is 5.12. The fourth-order valence-electron chi connectivity index (χ4n) is 3.66. The SMILES string of the molecule is CCCC1CC1NC(=NC)N1CCC(COCc2ccccc2)C1.I. The highest BCUT2D eigenvalue weighted by molar-refractivity contribution is 14.0. The third-order valence-electron chi connectivity index (χ3n) is 5.16. The van der Waals surface area contributed by atoms with Crippen molar-refractivity contribution in [2.75, 3.05) is 26.7 Å². The summed E-state index contributed by atoms with van der Waals surface area (Å²) in [5, 5.41) is 3.66. The van der Waals surface area contributed by atoms with E-state index in [9.17, 15) is 0 Å². The molecule has 0 bridgehead atoms. The van der Waals surface area contributed by atoms with Crippen LogP contribution < -0.4 is 5.32 Å². The Labute approximate surface area is 169 Å². The Hall–Kier alpha value is -0.820. The van der Waals surface area contributed by atoms with E-state index in [1.807, 2.05) is 13.1 Å². The van der Waals surface area contributed by atoms with Crippen molar-refractivity contribution < 1.29 is 4.74 Å². The van der Waals surface area contributed by atoms with E-state index in [-0.39, 0.29) is 24.0 Å². The second-order valence-electron chi connectivity index (χ2n) is 7.18. The number of halogens is 1. The smallest absolute Gasteiger partial charge is 0.193 e. The van der Waals surface area contributed by atoms with Crippen molar-refractivity contribution in [2.24, 2.45) is 16.8 Å². The lowest BCUT2D eigenvalue weighted by Gasteiger charge is -2.22. The zero-order chi connectivity index (χ0) is 16.8. The van der Waals surface area contributed by atoms with Crippen LogP contribution in [0.4, 0.5) is 0 Å². The highest BCUT2D eigenvalue weighted by Gasteiger charge is 2.38. The molecule has 1 aromatic carbocycles. The number of rotatable bonds is 7. The molecule has 0 radical (unpaired) electrons. The van der Waals surface area contributed by atoms with Crippen molar-refractivity contribution in [2.45, 2.75) is 45.3 Å². The monoisotopic (exact) mass is 457 g/mol. The molecule has 4 nitrogen and oxygen atoms in total. The average molecular weight is 457 g/mol. The molecule has 1 N–H and O–H groups in total. The van der Waals surface area contributed by atoms with Gasteiger partial charge in [-0.1, -0.05) is 43.7 Å². The van der Waals surface area contributed by atoms with Crippen LogP contribution in [0.2, 0.25) is 0 Å². The van der Waals surface area contributed by atoms with E-state index < -0.39 is 0 Å². The minimum atomic E-state index is 0. The van der Waals surface area contributed by atoms with E-state index in [1.165, 1.54) is 31.2 Å². The van der Waals surface area contributed by atoms with E-state index in [0.29, 0.717) is 18.6 Å². The molecule has 1 aliphatic heterocycles. The van der Waals surface area contributed by atoms with E-state index in [4.69, 9.17) is 4.74 Å². The van der Waals surface area contributed by atoms with Crippen LogP contribution in [0, 0.1) is 11.8 Å². The summed E-state index contributed by atoms with van der Waals surface area (Å²) < 4.78 is 5.92. The van der Waals surface area contributed by atoms with E-state index in [1.54, 1.807) is 0 Å². The van der Waals surface area contributed by atoms with E-state index in [2.05, 4.69) is 46.4 Å². The minimum absolute atomic E-state index is 0. The van der Waals surface area contributed by atoms with Gasteiger partial charge in [-0.25, -0.2) is 0 Å². The first kappa shape index (κ1) is 20.5. The van der Waals surface area contributed by atoms with Crippen molar-refractivity contribution in [1.82, 2.24) is 10.2 Å². The largest absolute Gasteiger partial charge is 0.376 e. The molecular formula is C20H32IN3O. The lowest BCUT2D eigenvalue weighted by atomic mass is 10.1. The molecule has 140 valence electrons. The summed E-state index contributed by atoms with van der Waals surface area (Å²) >= 11 is 0. The molecule has 1 heterocycles. The standard InChI is InChI=1S/C20H31N3O.HI/c1-3-7-18-12-19(18)22-20(21-2)23-11-10-17(13-23)15-24-14-16-8-5-4-6-9-16;/h4-6,8-9,17-19H,3,7,10-15H2,1-2H3,(H,21,22);1H. The summed E-state index contributed by atoms with van der Waals surface area (Å²) in [4.78, 5) is 6.90. The summed E-state index contributed by atoms with van der Waals surface area (Å²) in [6, 6.07) is 11.1. The molecule has 3 rings (SSSR count). The molecule has 0 aromatic heterocycles. The van der Waals surface area contributed by atoms with Crippen LogP contribution in [0.15, 0.2) is 35.3 Å². The predicted octanol–water partition coefficient (Wildman–Crippen LogP) is 3.91. The second-order valence-corrected chi connectivity index (χ2v) is 7.18. The summed E-state index contributed by atoms with van der Waals surface area (Å²) in [6.45, 7) is 5.96. The Morgan fingerprint density at radius 3 is 2.84 bits per heavy atom. The zero-order valence-corrected chi connectivity index (χ0v) is 17.8. The number of benzene rings is 1. The molecule has 5 heteroatoms. The van der Waals surface area contributed by atoms with Gasteiger partial charge in [0.15, 0.2) is 5.96 Å². The van der Waals surface area contributed by atoms with Crippen LogP contribution in [0.1, 0.15) is 38.2 Å². The number of hydrogen-bond donors (Lipinski definition) is 1. The molecular weight excluding hydrogens is 425 g/mol. The van der Waals surface area contributed by atoms with Crippen LogP contribution in [0.5, 0.6) is 0 Å². The first-order valence-corrected chi connectivity index (χ1v) is 9.40. The maximum Gasteiger partial charge on any atom is 0.193 e. The van der Waals surface area contributed by atoms with Crippen LogP contribution in [-0.4, -0.2) is 43.6 Å². The fourth-order valence-corrected chi connectivity index (χ4v) is 3.66. The van der Waals surface area contributed by atoms with Crippen LogP contribution >= 0.6 is 24.0 Å². The van der Waals surface area contributed by atoms with E-state index >= 15 is 0 Å². The van der Waals surface area contributed by atoms with Crippen molar-refractivity contribution in [3.63, 3.8) is 0 Å². The molecule has 0 spiro atoms. The Bertz CT molecular complexity index is 537. The molecule has 1 aromatic rings. The summed E-state index contributed by atoms with van der Waals surface area (Å²) in [7, 11) is 1.90. The van der Waals surface area contributed by atoms with Gasteiger partial charge in [-0.3, -0.25) is 4.99 Å². The number of guanidine groups is 1. The molecule has 3 unspecified atom stereocenters. The van der Waals surface area contributed by atoms with Crippen LogP contribution in [-0.2, 0) is 11.3 Å². The fraction of sp³-hybridized carbons (Fsp3) is 0.650. The molecule has 2 fully saturated rings. The number of nitrogens with one attached hydrogen (secondary N) is 1. The number of hydrogen-bond acceptors (Lipinski definition) is 2. The van der Waals surface area contributed by atoms with Crippen molar-refractivity contribution >= 4 is 29.9 Å². The topological polar surface area (TPSA) is 36.9 Å². The first-order chi connectivity index (χ1) is 11.8. The van der Waals surface area contributed by atoms with Gasteiger partial charge in [-0.05, 0) is 30.7 Å². The van der Waals surface area contributed by atoms with Crippen molar-refractivity contribution in [1.29, 1.82) is 0 Å². The number of aliphatic imine (C=N–C) groups is 1. The number of likely N-dealkylation sites (tertiary alicyclic amines) is 1. The van der Waals surface area contributed by atoms with Gasteiger partial charge >= 0.3 is 0 Å². The van der Waals surface area contributed by atoms with Gasteiger partial charge in [0.25, 0.3) is 0 Å². The molecule has 0 amide bonds. The van der Waals surface area contributed by atoms with E-state index in [0.717, 1.165) is 31.6 Å². The maximum atomic E-state index is 5.92. The third-order valence-corrected chi connectivity index (χ3v) is 5.16. The van der Waals surface area contributed by atoms with Crippen molar-refractivity contribution in [3.05, 3.63) is 35.9 Å². The maximum absolute atomic E-state index is 5.92. The van der Waals surface area contributed by atoms with Gasteiger partial charge < -0.3 is 15.0 Å². The molecule has 2 aliphatic rings. The Balaban J connectivity index is 0.00000225. The Kier molecular flexibility index (Phi) is 8.49. The summed E-state index contributed by atoms with van der Waals surface area (Å²) in [5.74, 6) is 2.56. The van der Waals surface area contributed by atoms with Gasteiger partial charge in [0.1, 0.15) is 0 Å². The Morgan fingerprint density at radius 2 is 2.12 bits per heavy atom. The Morgan fingerprint density at radius 1 is 1.32 bits per heavy atom. The molecule has 25 heavy (non-hydrogen) atoms. The van der Waals surface area contributed by atoms with Crippen LogP contribution in [0.3, 0.4) is 0 Å². The number of nitrogens with zero attached hydrogens (tertiary/aromatic N) is 2. The molecule has 1 saturated carbocycles.